The van der Waals surface area contributed by atoms with E-state index in [9.17, 15) is 4.79 Å². The number of rotatable bonds is 4. The molecule has 2 aliphatic rings. The molecule has 6 aromatic rings. The van der Waals surface area contributed by atoms with E-state index in [0.29, 0.717) is 28.8 Å². The third-order valence-electron chi connectivity index (χ3n) is 10.6. The van der Waals surface area contributed by atoms with E-state index < -0.39 is 30.0 Å². The summed E-state index contributed by atoms with van der Waals surface area (Å²) in [6, 6.07) is 15.6. The van der Waals surface area contributed by atoms with Crippen LogP contribution < -0.4 is 10.9 Å². The first kappa shape index (κ1) is 38.5. The minimum atomic E-state index is -0.654. The van der Waals surface area contributed by atoms with Gasteiger partial charge in [0.25, 0.3) is 11.8 Å². The van der Waals surface area contributed by atoms with Crippen LogP contribution in [0.5, 0.6) is 0 Å². The number of hydrogen-bond acceptors (Lipinski definition) is 12. The maximum absolute atomic E-state index is 13.0. The minimum absolute atomic E-state index is 0.247. The van der Waals surface area contributed by atoms with Crippen molar-refractivity contribution in [2.45, 2.75) is 118 Å². The van der Waals surface area contributed by atoms with Gasteiger partial charge in [-0.25, -0.2) is 9.36 Å². The number of nitrogens with zero attached hydrogens (tertiary/aromatic N) is 5. The third kappa shape index (κ3) is 7.35. The summed E-state index contributed by atoms with van der Waals surface area (Å²) in [7, 11) is -0.878. The fraction of sp³-hybridized carbons (Fsp3) is 0.462. The first-order valence-electron chi connectivity index (χ1n) is 18.4. The molecule has 0 saturated carbocycles. The van der Waals surface area contributed by atoms with Crippen LogP contribution in [0.25, 0.3) is 45.0 Å². The second-order valence-corrected chi connectivity index (χ2v) is 17.2. The number of aromatic nitrogens is 6. The molecule has 4 aromatic heterocycles. The largest absolute Gasteiger partial charge is 0.494 e. The van der Waals surface area contributed by atoms with Gasteiger partial charge in [0.15, 0.2) is 11.6 Å². The Morgan fingerprint density at radius 2 is 1.18 bits per heavy atom. The third-order valence-corrected chi connectivity index (χ3v) is 10.6. The fourth-order valence-electron chi connectivity index (χ4n) is 6.22. The summed E-state index contributed by atoms with van der Waals surface area (Å²) in [4.78, 5) is 24.9. The average molecular weight is 750 g/mol. The molecular formula is C39H48B2N6O8. The highest BCUT2D eigenvalue weighted by Crippen LogP contribution is 2.38. The Hall–Kier alpha value is -4.76. The predicted octanol–water partition coefficient (Wildman–Crippen LogP) is 6.91. The molecule has 1 N–H and O–H groups in total. The maximum atomic E-state index is 13.0. The zero-order chi connectivity index (χ0) is 39.9. The van der Waals surface area contributed by atoms with E-state index in [1.807, 2.05) is 90.9 Å². The van der Waals surface area contributed by atoms with Crippen LogP contribution in [0.1, 0.15) is 87.8 Å². The minimum Gasteiger partial charge on any atom is -0.443 e. The van der Waals surface area contributed by atoms with E-state index in [1.165, 1.54) is 4.57 Å². The van der Waals surface area contributed by atoms with Crippen LogP contribution in [0.4, 0.5) is 4.79 Å². The normalized spacial score (nSPS) is 18.6. The Bertz CT molecular complexity index is 2370. The highest BCUT2D eigenvalue weighted by atomic mass is 16.7. The number of fused-ring (bicyclic) bond motifs is 2. The molecule has 2 fully saturated rings. The molecule has 6 heterocycles. The molecule has 0 unspecified atom stereocenters. The molecule has 0 spiro atoms. The lowest BCUT2D eigenvalue weighted by atomic mass is 9.78. The summed E-state index contributed by atoms with van der Waals surface area (Å²) < 4.78 is 42.3. The van der Waals surface area contributed by atoms with Crippen LogP contribution in [0.15, 0.2) is 57.6 Å². The van der Waals surface area contributed by atoms with E-state index in [-0.39, 0.29) is 24.2 Å². The zero-order valence-electron chi connectivity index (χ0n) is 33.8. The van der Waals surface area contributed by atoms with Crippen molar-refractivity contribution in [2.75, 3.05) is 0 Å². The van der Waals surface area contributed by atoms with Gasteiger partial charge in [-0.15, -0.1) is 0 Å². The zero-order valence-corrected chi connectivity index (χ0v) is 33.8. The number of H-pyrrole nitrogens is 1. The highest BCUT2D eigenvalue weighted by Gasteiger charge is 2.52. The molecule has 0 radical (unpaired) electrons. The second-order valence-electron chi connectivity index (χ2n) is 17.2. The molecule has 16 heteroatoms. The van der Waals surface area contributed by atoms with Gasteiger partial charge in [-0.1, -0.05) is 34.6 Å². The van der Waals surface area contributed by atoms with Gasteiger partial charge >= 0.3 is 20.3 Å². The van der Waals surface area contributed by atoms with Crippen LogP contribution in [0.2, 0.25) is 0 Å². The first-order chi connectivity index (χ1) is 25.5. The Labute approximate surface area is 320 Å². The number of aromatic amines is 1. The molecule has 2 aromatic carbocycles. The van der Waals surface area contributed by atoms with E-state index in [0.717, 1.165) is 32.9 Å². The molecule has 0 atom stereocenters. The fourth-order valence-corrected chi connectivity index (χ4v) is 6.22. The number of aryl methyl sites for hydroxylation is 2. The van der Waals surface area contributed by atoms with Crippen molar-refractivity contribution in [1.82, 2.24) is 29.8 Å². The highest BCUT2D eigenvalue weighted by molar-refractivity contribution is 6.62. The van der Waals surface area contributed by atoms with Gasteiger partial charge < -0.3 is 37.4 Å². The van der Waals surface area contributed by atoms with Gasteiger partial charge in [0.1, 0.15) is 17.0 Å². The number of carbonyl (C=O) groups is 1. The van der Waals surface area contributed by atoms with Crippen LogP contribution in [-0.4, -0.2) is 78.2 Å². The van der Waals surface area contributed by atoms with Crippen LogP contribution >= 0.6 is 0 Å². The van der Waals surface area contributed by atoms with Crippen molar-refractivity contribution < 1.29 is 37.2 Å². The summed E-state index contributed by atoms with van der Waals surface area (Å²) in [5.41, 5.74) is 2.55. The van der Waals surface area contributed by atoms with E-state index in [1.54, 1.807) is 13.8 Å². The number of hydrogen-bond donors (Lipinski definition) is 1. The van der Waals surface area contributed by atoms with Gasteiger partial charge in [-0.2, -0.15) is 9.97 Å². The second kappa shape index (κ2) is 13.2. The van der Waals surface area contributed by atoms with Crippen molar-refractivity contribution in [3.8, 4) is 23.2 Å². The van der Waals surface area contributed by atoms with Crippen molar-refractivity contribution in [2.24, 2.45) is 0 Å². The van der Waals surface area contributed by atoms with Crippen molar-refractivity contribution in [1.29, 1.82) is 0 Å². The molecule has 0 amide bonds. The van der Waals surface area contributed by atoms with Gasteiger partial charge in [0, 0.05) is 10.9 Å². The van der Waals surface area contributed by atoms with Crippen molar-refractivity contribution in [3.05, 3.63) is 60.2 Å². The molecule has 288 valence electrons. The van der Waals surface area contributed by atoms with Gasteiger partial charge in [0.05, 0.1) is 27.9 Å². The Balaban J connectivity index is 0.000000174. The van der Waals surface area contributed by atoms with E-state index in [2.05, 4.69) is 59.0 Å². The van der Waals surface area contributed by atoms with Crippen molar-refractivity contribution >= 4 is 53.1 Å². The van der Waals surface area contributed by atoms with E-state index >= 15 is 0 Å². The van der Waals surface area contributed by atoms with Crippen molar-refractivity contribution in [3.63, 3.8) is 0 Å². The quantitative estimate of drug-likeness (QED) is 0.186. The molecule has 8 rings (SSSR count). The number of nitrogens with one attached hydrogen (secondary N) is 1. The first-order valence-corrected chi connectivity index (χ1v) is 18.4. The Kier molecular flexibility index (Phi) is 9.23. The lowest BCUT2D eigenvalue weighted by Crippen LogP contribution is -2.41. The molecule has 0 bridgehead atoms. The molecule has 2 aliphatic heterocycles. The summed E-state index contributed by atoms with van der Waals surface area (Å²) in [5.74, 6) is 1.83. The van der Waals surface area contributed by atoms with Gasteiger partial charge in [0.2, 0.25) is 0 Å². The van der Waals surface area contributed by atoms with Gasteiger partial charge in [-0.05, 0) is 131 Å². The molecule has 2 saturated heterocycles. The molecule has 55 heavy (non-hydrogen) atoms. The predicted molar refractivity (Wildman–Crippen MR) is 209 cm³/mol. The van der Waals surface area contributed by atoms with E-state index in [4.69, 9.17) is 32.4 Å². The summed E-state index contributed by atoms with van der Waals surface area (Å²) in [5, 5.41) is 9.55. The van der Waals surface area contributed by atoms with Crippen LogP contribution in [0, 0.1) is 13.8 Å². The standard InChI is InChI=1S/C22H28BN3O5.C17H20BN3O3/c1-13-24-18(29-25-13)17-12-14-11-15(23-30-21(5,6)22(7,8)31-23)9-10-16(14)26(17)19(27)28-20(2,3)4;1-10-19-15(22-21-10)14-9-11-8-12(6-7-13(11)20-14)18-23-16(2,3)17(4,5)24-18/h9-12H,1-8H3;6-9,20H,1-5H3. The Morgan fingerprint density at radius 1 is 0.691 bits per heavy atom. The maximum Gasteiger partial charge on any atom is 0.494 e. The lowest BCUT2D eigenvalue weighted by Gasteiger charge is -2.32. The molecule has 0 aliphatic carbocycles. The number of carbonyl (C=O) groups excluding carboxylic acids is 1. The topological polar surface area (TPSA) is 162 Å². The van der Waals surface area contributed by atoms with Gasteiger partial charge in [-0.3, -0.25) is 0 Å². The molecule has 14 nitrogen and oxygen atoms in total. The average Bonchev–Trinajstić information content (AvgIpc) is 3.90. The number of ether oxygens (including phenoxy) is 1. The summed E-state index contributed by atoms with van der Waals surface area (Å²) in [6.07, 6.45) is -0.517. The molecular weight excluding hydrogens is 702 g/mol. The monoisotopic (exact) mass is 750 g/mol. The number of benzene rings is 2. The lowest BCUT2D eigenvalue weighted by molar-refractivity contribution is 0.00578. The van der Waals surface area contributed by atoms with Crippen LogP contribution in [0.3, 0.4) is 0 Å². The van der Waals surface area contributed by atoms with Crippen LogP contribution in [-0.2, 0) is 23.4 Å². The summed E-state index contributed by atoms with van der Waals surface area (Å²) in [6.45, 7) is 25.3. The summed E-state index contributed by atoms with van der Waals surface area (Å²) >= 11 is 0. The smallest absolute Gasteiger partial charge is 0.443 e. The SMILES string of the molecule is Cc1noc(-c2cc3cc(B4OC(C)(C)C(C)(C)O4)ccc3[nH]2)n1.Cc1noc(-c2cc3cc(B4OC(C)(C)C(C)(C)O4)ccc3n2C(=O)OC(C)(C)C)n1. The Morgan fingerprint density at radius 3 is 1.67 bits per heavy atom.